The number of nitrogens with zero attached hydrogens (tertiary/aromatic N) is 5. The third-order valence-corrected chi connectivity index (χ3v) is 5.60. The number of amides is 2. The van der Waals surface area contributed by atoms with Gasteiger partial charge >= 0.3 is 6.03 Å². The van der Waals surface area contributed by atoms with Gasteiger partial charge in [-0.25, -0.2) is 14.8 Å². The van der Waals surface area contributed by atoms with E-state index < -0.39 is 17.5 Å². The molecule has 2 amide bonds. The van der Waals surface area contributed by atoms with E-state index in [0.29, 0.717) is 16.4 Å². The number of phenols is 2. The van der Waals surface area contributed by atoms with Crippen molar-refractivity contribution >= 4 is 58.0 Å². The fourth-order valence-electron chi connectivity index (χ4n) is 2.85. The highest BCUT2D eigenvalue weighted by atomic mass is 35.5. The van der Waals surface area contributed by atoms with Gasteiger partial charge in [0, 0.05) is 29.4 Å². The molecule has 0 spiro atoms. The van der Waals surface area contributed by atoms with E-state index in [-0.39, 0.29) is 34.8 Å². The first-order valence-electron chi connectivity index (χ1n) is 7.85. The van der Waals surface area contributed by atoms with Gasteiger partial charge in [-0.3, -0.25) is 9.80 Å². The number of anilines is 3. The van der Waals surface area contributed by atoms with Gasteiger partial charge < -0.3 is 15.9 Å². The highest BCUT2D eigenvalue weighted by Gasteiger charge is 2.36. The van der Waals surface area contributed by atoms with Gasteiger partial charge in [0.1, 0.15) is 32.4 Å². The molecule has 1 aromatic carbocycles. The van der Waals surface area contributed by atoms with Crippen LogP contribution in [0.5, 0.6) is 11.5 Å². The minimum absolute atomic E-state index is 0.0163. The molecule has 1 aliphatic heterocycles. The summed E-state index contributed by atoms with van der Waals surface area (Å²) in [6.07, 6.45) is 3.12. The van der Waals surface area contributed by atoms with Crippen molar-refractivity contribution in [3.63, 3.8) is 0 Å². The first kappa shape index (κ1) is 18.5. The molecule has 28 heavy (non-hydrogen) atoms. The molecule has 4 rings (SSSR count). The number of thiazole rings is 1. The number of hydrogen-bond acceptors (Lipinski definition) is 8. The van der Waals surface area contributed by atoms with E-state index in [2.05, 4.69) is 15.0 Å². The Bertz CT molecular complexity index is 1050. The summed E-state index contributed by atoms with van der Waals surface area (Å²) in [7, 11) is 0. The van der Waals surface area contributed by atoms with E-state index in [1.165, 1.54) is 27.3 Å². The van der Waals surface area contributed by atoms with E-state index in [0.717, 1.165) is 6.07 Å². The minimum Gasteiger partial charge on any atom is -0.506 e. The largest absolute Gasteiger partial charge is 0.506 e. The molecule has 0 unspecified atom stereocenters. The number of hydrogen-bond donors (Lipinski definition) is 3. The second-order valence-corrected chi connectivity index (χ2v) is 7.58. The Morgan fingerprint density at radius 1 is 1.21 bits per heavy atom. The molecule has 0 aliphatic carbocycles. The van der Waals surface area contributed by atoms with Crippen LogP contribution in [0.2, 0.25) is 10.0 Å². The number of urea groups is 1. The average molecular weight is 439 g/mol. The van der Waals surface area contributed by atoms with Gasteiger partial charge in [-0.1, -0.05) is 23.2 Å². The Hall–Kier alpha value is -2.82. The topological polar surface area (TPSA) is 129 Å². The Balaban J connectivity index is 1.86. The van der Waals surface area contributed by atoms with Gasteiger partial charge in [0.15, 0.2) is 0 Å². The van der Waals surface area contributed by atoms with Gasteiger partial charge in [0.05, 0.1) is 18.8 Å². The zero-order chi connectivity index (χ0) is 20.0. The van der Waals surface area contributed by atoms with E-state index in [4.69, 9.17) is 28.9 Å². The SMILES string of the molecule is Nc1ncc2c(n1)N(Cc1nccs1)C(=O)N(c1c(Cl)c(O)cc(O)c1Cl)C2. The molecule has 0 saturated carbocycles. The van der Waals surface area contributed by atoms with Crippen LogP contribution in [0.4, 0.5) is 22.2 Å². The third kappa shape index (κ3) is 3.05. The van der Waals surface area contributed by atoms with Crippen LogP contribution in [0.25, 0.3) is 0 Å². The summed E-state index contributed by atoms with van der Waals surface area (Å²) in [5.41, 5.74) is 6.27. The Kier molecular flexibility index (Phi) is 4.61. The summed E-state index contributed by atoms with van der Waals surface area (Å²) in [5, 5.41) is 22.1. The molecule has 4 N–H and O–H groups in total. The highest BCUT2D eigenvalue weighted by molar-refractivity contribution is 7.09. The van der Waals surface area contributed by atoms with Crippen LogP contribution in [0, 0.1) is 0 Å². The molecule has 0 bridgehead atoms. The molecular formula is C16H12Cl2N6O3S. The second kappa shape index (κ2) is 6.97. The Morgan fingerprint density at radius 2 is 1.93 bits per heavy atom. The van der Waals surface area contributed by atoms with Crippen molar-refractivity contribution in [2.24, 2.45) is 0 Å². The predicted molar refractivity (Wildman–Crippen MR) is 106 cm³/mol. The van der Waals surface area contributed by atoms with Gasteiger partial charge in [-0.2, -0.15) is 4.98 Å². The summed E-state index contributed by atoms with van der Waals surface area (Å²) < 4.78 is 0. The van der Waals surface area contributed by atoms with Gasteiger partial charge in [-0.05, 0) is 0 Å². The molecule has 144 valence electrons. The lowest BCUT2D eigenvalue weighted by atomic mass is 10.1. The van der Waals surface area contributed by atoms with Crippen molar-refractivity contribution in [1.82, 2.24) is 15.0 Å². The maximum absolute atomic E-state index is 13.3. The number of fused-ring (bicyclic) bond motifs is 1. The number of rotatable bonds is 3. The summed E-state index contributed by atoms with van der Waals surface area (Å²) >= 11 is 13.8. The summed E-state index contributed by atoms with van der Waals surface area (Å²) in [4.78, 5) is 28.3. The van der Waals surface area contributed by atoms with Crippen molar-refractivity contribution < 1.29 is 15.0 Å². The standard InChI is InChI=1S/C16H12Cl2N6O3S/c17-11-8(25)3-9(26)12(18)13(11)23-5-7-4-21-15(19)22-14(7)24(16(23)27)6-10-20-1-2-28-10/h1-4,25-26H,5-6H2,(H2,19,21,22). The first-order chi connectivity index (χ1) is 13.4. The number of aromatic hydroxyl groups is 2. The maximum atomic E-state index is 13.3. The highest BCUT2D eigenvalue weighted by Crippen LogP contribution is 2.47. The first-order valence-corrected chi connectivity index (χ1v) is 9.49. The van der Waals surface area contributed by atoms with Gasteiger partial charge in [0.25, 0.3) is 0 Å². The quantitative estimate of drug-likeness (QED) is 0.571. The molecule has 0 saturated heterocycles. The number of aromatic nitrogens is 3. The van der Waals surface area contributed by atoms with Crippen LogP contribution in [-0.4, -0.2) is 31.2 Å². The van der Waals surface area contributed by atoms with Crippen molar-refractivity contribution in [2.75, 3.05) is 15.5 Å². The van der Waals surface area contributed by atoms with Crippen LogP contribution in [0.15, 0.2) is 23.8 Å². The van der Waals surface area contributed by atoms with Crippen molar-refractivity contribution in [3.05, 3.63) is 44.5 Å². The second-order valence-electron chi connectivity index (χ2n) is 5.85. The molecule has 0 fully saturated rings. The lowest BCUT2D eigenvalue weighted by Gasteiger charge is -2.36. The molecule has 12 heteroatoms. The third-order valence-electron chi connectivity index (χ3n) is 4.09. The molecule has 0 radical (unpaired) electrons. The summed E-state index contributed by atoms with van der Waals surface area (Å²) in [6, 6.07) is 0.489. The van der Waals surface area contributed by atoms with E-state index >= 15 is 0 Å². The number of nitrogen functional groups attached to an aromatic ring is 1. The number of benzene rings is 1. The van der Waals surface area contributed by atoms with Crippen molar-refractivity contribution in [3.8, 4) is 11.5 Å². The predicted octanol–water partition coefficient (Wildman–Crippen LogP) is 3.38. The van der Waals surface area contributed by atoms with Crippen LogP contribution in [0.1, 0.15) is 10.6 Å². The molecule has 2 aromatic heterocycles. The summed E-state index contributed by atoms with van der Waals surface area (Å²) in [6.45, 7) is 0.154. The van der Waals surface area contributed by atoms with Gasteiger partial charge in [-0.15, -0.1) is 11.3 Å². The van der Waals surface area contributed by atoms with Crippen LogP contribution in [0.3, 0.4) is 0 Å². The van der Waals surface area contributed by atoms with Crippen molar-refractivity contribution in [1.29, 1.82) is 0 Å². The lowest BCUT2D eigenvalue weighted by molar-refractivity contribution is 0.249. The molecule has 0 atom stereocenters. The molecule has 9 nitrogen and oxygen atoms in total. The van der Waals surface area contributed by atoms with E-state index in [9.17, 15) is 15.0 Å². The van der Waals surface area contributed by atoms with Gasteiger partial charge in [0.2, 0.25) is 5.95 Å². The number of carbonyl (C=O) groups is 1. The molecule has 3 aromatic rings. The minimum atomic E-state index is -0.519. The Labute approximate surface area is 172 Å². The summed E-state index contributed by atoms with van der Waals surface area (Å²) in [5.74, 6) is -0.440. The molecule has 3 heterocycles. The number of carbonyl (C=O) groups excluding carboxylic acids is 1. The zero-order valence-electron chi connectivity index (χ0n) is 14.0. The lowest BCUT2D eigenvalue weighted by Crippen LogP contribution is -2.47. The number of phenolic OH excluding ortho intramolecular Hbond substituents is 2. The van der Waals surface area contributed by atoms with Crippen LogP contribution >= 0.6 is 34.5 Å². The smallest absolute Gasteiger partial charge is 0.330 e. The normalized spacial score (nSPS) is 13.7. The monoisotopic (exact) mass is 438 g/mol. The maximum Gasteiger partial charge on any atom is 0.330 e. The Morgan fingerprint density at radius 3 is 2.57 bits per heavy atom. The molecule has 1 aliphatic rings. The zero-order valence-corrected chi connectivity index (χ0v) is 16.3. The number of nitrogens with two attached hydrogens (primary N) is 1. The van der Waals surface area contributed by atoms with E-state index in [1.807, 2.05) is 0 Å². The number of halogens is 2. The van der Waals surface area contributed by atoms with Crippen LogP contribution in [-0.2, 0) is 13.1 Å². The fraction of sp³-hybridized carbons (Fsp3) is 0.125. The van der Waals surface area contributed by atoms with Crippen molar-refractivity contribution in [2.45, 2.75) is 13.1 Å². The molecular weight excluding hydrogens is 427 g/mol. The fourth-order valence-corrected chi connectivity index (χ4v) is 4.00. The average Bonchev–Trinajstić information content (AvgIpc) is 3.17. The van der Waals surface area contributed by atoms with Crippen LogP contribution < -0.4 is 15.5 Å². The van der Waals surface area contributed by atoms with E-state index in [1.54, 1.807) is 11.6 Å².